The Morgan fingerprint density at radius 3 is 2.41 bits per heavy atom. The molecule has 2 aliphatic rings. The molecular formula is C23H27N5O4. The molecule has 0 radical (unpaired) electrons. The van der Waals surface area contributed by atoms with E-state index in [4.69, 9.17) is 10.00 Å². The summed E-state index contributed by atoms with van der Waals surface area (Å²) in [5.74, 6) is -0.650. The van der Waals surface area contributed by atoms with Crippen molar-refractivity contribution in [3.05, 3.63) is 35.4 Å². The molecule has 0 aliphatic carbocycles. The van der Waals surface area contributed by atoms with Crippen LogP contribution in [0.3, 0.4) is 0 Å². The first-order valence-electron chi connectivity index (χ1n) is 10.6. The van der Waals surface area contributed by atoms with Crippen molar-refractivity contribution in [2.45, 2.75) is 63.8 Å². The van der Waals surface area contributed by atoms with Gasteiger partial charge in [0, 0.05) is 24.7 Å². The second-order valence-corrected chi connectivity index (χ2v) is 9.06. The Bertz CT molecular complexity index is 970. The van der Waals surface area contributed by atoms with Crippen LogP contribution in [0.25, 0.3) is 0 Å². The highest BCUT2D eigenvalue weighted by Gasteiger charge is 2.45. The molecule has 0 unspecified atom stereocenters. The second-order valence-electron chi connectivity index (χ2n) is 9.06. The minimum Gasteiger partial charge on any atom is -0.444 e. The predicted octanol–water partition coefficient (Wildman–Crippen LogP) is 2.18. The van der Waals surface area contributed by atoms with Gasteiger partial charge in [0.1, 0.15) is 17.7 Å². The molecule has 0 aromatic heterocycles. The Balaban J connectivity index is 1.77. The van der Waals surface area contributed by atoms with E-state index in [0.29, 0.717) is 24.1 Å². The lowest BCUT2D eigenvalue weighted by Crippen LogP contribution is -2.50. The number of amides is 3. The Labute approximate surface area is 187 Å². The molecule has 0 spiro atoms. The lowest BCUT2D eigenvalue weighted by atomic mass is 10.1. The Morgan fingerprint density at radius 1 is 1.12 bits per heavy atom. The molecule has 168 valence electrons. The van der Waals surface area contributed by atoms with Crippen LogP contribution >= 0.6 is 0 Å². The van der Waals surface area contributed by atoms with Crippen LogP contribution in [-0.4, -0.2) is 64.5 Å². The number of likely N-dealkylation sites (tertiary alicyclic amines) is 2. The number of ether oxygens (including phenoxy) is 1. The molecule has 32 heavy (non-hydrogen) atoms. The Morgan fingerprint density at radius 2 is 1.81 bits per heavy atom. The predicted molar refractivity (Wildman–Crippen MR) is 114 cm³/mol. The van der Waals surface area contributed by atoms with Crippen molar-refractivity contribution in [1.29, 1.82) is 10.5 Å². The standard InChI is InChI=1S/C23H27N5O4/c1-23(2,3)32-22(31)28-14-17(26-20(29)16-8-6-15(12-24)7-9-16)11-19(28)21(30)27-10-4-5-18(27)13-25/h6-9,17-19H,4-5,10-11,14H2,1-3H3,(H,26,29)/t17-,18-,19-/m0/s1. The molecule has 0 saturated carbocycles. The molecule has 3 atom stereocenters. The molecule has 1 aromatic carbocycles. The van der Waals surface area contributed by atoms with Gasteiger partial charge in [0.2, 0.25) is 5.91 Å². The summed E-state index contributed by atoms with van der Waals surface area (Å²) in [6.45, 7) is 5.83. The smallest absolute Gasteiger partial charge is 0.411 e. The van der Waals surface area contributed by atoms with Crippen molar-refractivity contribution in [2.75, 3.05) is 13.1 Å². The van der Waals surface area contributed by atoms with Gasteiger partial charge < -0.3 is 15.0 Å². The van der Waals surface area contributed by atoms with Crippen LogP contribution in [0.5, 0.6) is 0 Å². The van der Waals surface area contributed by atoms with E-state index >= 15 is 0 Å². The van der Waals surface area contributed by atoms with Crippen LogP contribution in [0.1, 0.15) is 56.0 Å². The number of hydrogen-bond acceptors (Lipinski definition) is 6. The van der Waals surface area contributed by atoms with Gasteiger partial charge in [-0.25, -0.2) is 4.79 Å². The first-order valence-corrected chi connectivity index (χ1v) is 10.6. The third kappa shape index (κ3) is 5.17. The fourth-order valence-corrected chi connectivity index (χ4v) is 4.02. The van der Waals surface area contributed by atoms with Crippen LogP contribution in [0.15, 0.2) is 24.3 Å². The van der Waals surface area contributed by atoms with Crippen LogP contribution in [0, 0.1) is 22.7 Å². The molecule has 3 rings (SSSR count). The van der Waals surface area contributed by atoms with Crippen molar-refractivity contribution in [2.24, 2.45) is 0 Å². The molecule has 0 bridgehead atoms. The summed E-state index contributed by atoms with van der Waals surface area (Å²) in [6.07, 6.45) is 0.954. The highest BCUT2D eigenvalue weighted by Crippen LogP contribution is 2.27. The molecule has 2 aliphatic heterocycles. The summed E-state index contributed by atoms with van der Waals surface area (Å²) < 4.78 is 5.49. The van der Waals surface area contributed by atoms with Gasteiger partial charge in [0.15, 0.2) is 0 Å². The largest absolute Gasteiger partial charge is 0.444 e. The summed E-state index contributed by atoms with van der Waals surface area (Å²) in [5.41, 5.74) is 0.0886. The monoisotopic (exact) mass is 437 g/mol. The van der Waals surface area contributed by atoms with Crippen LogP contribution in [0.2, 0.25) is 0 Å². The van der Waals surface area contributed by atoms with Gasteiger partial charge in [0.05, 0.1) is 17.7 Å². The lowest BCUT2D eigenvalue weighted by Gasteiger charge is -2.30. The summed E-state index contributed by atoms with van der Waals surface area (Å²) in [7, 11) is 0. The number of rotatable bonds is 3. The molecule has 3 amide bonds. The third-order valence-corrected chi connectivity index (χ3v) is 5.51. The molecular weight excluding hydrogens is 410 g/mol. The molecule has 9 nitrogen and oxygen atoms in total. The van der Waals surface area contributed by atoms with Gasteiger partial charge in [-0.15, -0.1) is 0 Å². The van der Waals surface area contributed by atoms with E-state index in [9.17, 15) is 19.6 Å². The van der Waals surface area contributed by atoms with Gasteiger partial charge in [-0.1, -0.05) is 0 Å². The highest BCUT2D eigenvalue weighted by atomic mass is 16.6. The second kappa shape index (κ2) is 9.27. The SMILES string of the molecule is CC(C)(C)OC(=O)N1C[C@@H](NC(=O)c2ccc(C#N)cc2)C[C@H]1C(=O)N1CCC[C@H]1C#N. The van der Waals surface area contributed by atoms with E-state index in [1.807, 2.05) is 6.07 Å². The lowest BCUT2D eigenvalue weighted by molar-refractivity contribution is -0.135. The van der Waals surface area contributed by atoms with Gasteiger partial charge in [-0.3, -0.25) is 14.5 Å². The highest BCUT2D eigenvalue weighted by molar-refractivity contribution is 5.95. The quantitative estimate of drug-likeness (QED) is 0.772. The molecule has 2 saturated heterocycles. The van der Waals surface area contributed by atoms with Crippen molar-refractivity contribution in [3.63, 3.8) is 0 Å². The Kier molecular flexibility index (Phi) is 6.69. The summed E-state index contributed by atoms with van der Waals surface area (Å²) in [4.78, 5) is 41.6. The summed E-state index contributed by atoms with van der Waals surface area (Å²) in [5, 5.41) is 21.1. The number of nitrogens with one attached hydrogen (secondary N) is 1. The van der Waals surface area contributed by atoms with E-state index in [2.05, 4.69) is 11.4 Å². The zero-order chi connectivity index (χ0) is 23.5. The van der Waals surface area contributed by atoms with Gasteiger partial charge in [-0.2, -0.15) is 10.5 Å². The van der Waals surface area contributed by atoms with Crippen molar-refractivity contribution in [3.8, 4) is 12.1 Å². The van der Waals surface area contributed by atoms with Crippen molar-refractivity contribution < 1.29 is 19.1 Å². The normalized spacial score (nSPS) is 22.7. The third-order valence-electron chi connectivity index (χ3n) is 5.51. The van der Waals surface area contributed by atoms with Crippen LogP contribution in [0.4, 0.5) is 4.79 Å². The molecule has 1 N–H and O–H groups in total. The zero-order valence-electron chi connectivity index (χ0n) is 18.5. The maximum atomic E-state index is 13.3. The van der Waals surface area contributed by atoms with Gasteiger partial charge in [-0.05, 0) is 64.3 Å². The first kappa shape index (κ1) is 23.1. The minimum atomic E-state index is -0.815. The summed E-state index contributed by atoms with van der Waals surface area (Å²) in [6, 6.07) is 8.60. The van der Waals surface area contributed by atoms with E-state index in [0.717, 1.165) is 6.42 Å². The number of nitriles is 2. The maximum Gasteiger partial charge on any atom is 0.411 e. The van der Waals surface area contributed by atoms with E-state index in [-0.39, 0.29) is 24.8 Å². The van der Waals surface area contributed by atoms with Gasteiger partial charge in [0.25, 0.3) is 5.91 Å². The Hall–Kier alpha value is -3.59. The fraction of sp³-hybridized carbons (Fsp3) is 0.522. The topological polar surface area (TPSA) is 127 Å². The van der Waals surface area contributed by atoms with Gasteiger partial charge >= 0.3 is 6.09 Å². The van der Waals surface area contributed by atoms with E-state index in [1.54, 1.807) is 45.0 Å². The number of nitrogens with zero attached hydrogens (tertiary/aromatic N) is 4. The molecule has 1 aromatic rings. The summed E-state index contributed by atoms with van der Waals surface area (Å²) >= 11 is 0. The van der Waals surface area contributed by atoms with E-state index in [1.165, 1.54) is 9.80 Å². The number of benzene rings is 1. The average molecular weight is 438 g/mol. The molecule has 2 fully saturated rings. The van der Waals surface area contributed by atoms with E-state index < -0.39 is 29.8 Å². The number of hydrogen-bond donors (Lipinski definition) is 1. The maximum absolute atomic E-state index is 13.3. The fourth-order valence-electron chi connectivity index (χ4n) is 4.02. The minimum absolute atomic E-state index is 0.123. The number of carbonyl (C=O) groups excluding carboxylic acids is 3. The first-order chi connectivity index (χ1) is 15.1. The van der Waals surface area contributed by atoms with Crippen molar-refractivity contribution >= 4 is 17.9 Å². The van der Waals surface area contributed by atoms with Crippen molar-refractivity contribution in [1.82, 2.24) is 15.1 Å². The average Bonchev–Trinajstić information content (AvgIpc) is 3.39. The zero-order valence-corrected chi connectivity index (χ0v) is 18.5. The molecule has 2 heterocycles. The number of carbonyl (C=O) groups is 3. The van der Waals surface area contributed by atoms with Crippen LogP contribution < -0.4 is 5.32 Å². The van der Waals surface area contributed by atoms with Crippen LogP contribution in [-0.2, 0) is 9.53 Å². The molecule has 9 heteroatoms.